The molecule has 4 rings (SSSR count). The molecule has 3 aromatic rings. The van der Waals surface area contributed by atoms with Gasteiger partial charge >= 0.3 is 0 Å². The fourth-order valence-electron chi connectivity index (χ4n) is 3.98. The molecule has 0 unspecified atom stereocenters. The fourth-order valence-corrected chi connectivity index (χ4v) is 4.11. The number of benzene rings is 2. The van der Waals surface area contributed by atoms with Crippen molar-refractivity contribution >= 4 is 40.0 Å². The van der Waals surface area contributed by atoms with Crippen LogP contribution < -0.4 is 4.74 Å². The van der Waals surface area contributed by atoms with Gasteiger partial charge in [0.25, 0.3) is 0 Å². The molecular weight excluding hydrogens is 428 g/mol. The van der Waals surface area contributed by atoms with Crippen molar-refractivity contribution in [3.63, 3.8) is 0 Å². The van der Waals surface area contributed by atoms with Crippen molar-refractivity contribution in [1.82, 2.24) is 9.80 Å². The summed E-state index contributed by atoms with van der Waals surface area (Å²) in [5.74, 6) is 0.605. The summed E-state index contributed by atoms with van der Waals surface area (Å²) in [6.45, 7) is 5.63. The summed E-state index contributed by atoms with van der Waals surface area (Å²) in [5.41, 5.74) is 4.26. The van der Waals surface area contributed by atoms with Gasteiger partial charge in [-0.3, -0.25) is 9.59 Å². The van der Waals surface area contributed by atoms with Crippen LogP contribution in [0.1, 0.15) is 19.4 Å². The molecule has 2 amide bonds. The largest absolute Gasteiger partial charge is 0.496 e. The number of methoxy groups -OCH3 is 1. The van der Waals surface area contributed by atoms with Crippen LogP contribution in [0.15, 0.2) is 53.2 Å². The van der Waals surface area contributed by atoms with E-state index in [1.807, 2.05) is 43.3 Å². The van der Waals surface area contributed by atoms with Gasteiger partial charge in [-0.25, -0.2) is 0 Å². The summed E-state index contributed by atoms with van der Waals surface area (Å²) in [6.07, 6.45) is 3.35. The van der Waals surface area contributed by atoms with E-state index in [9.17, 15) is 9.59 Å². The molecule has 0 spiro atoms. The number of rotatable bonds is 4. The Morgan fingerprint density at radius 2 is 1.69 bits per heavy atom. The lowest BCUT2D eigenvalue weighted by Crippen LogP contribution is -2.49. The smallest absolute Gasteiger partial charge is 0.246 e. The predicted octanol–water partition coefficient (Wildman–Crippen LogP) is 4.86. The maximum atomic E-state index is 12.9. The Kier molecular flexibility index (Phi) is 6.24. The second kappa shape index (κ2) is 9.09. The third kappa shape index (κ3) is 4.36. The Bertz CT molecular complexity index is 1190. The molecule has 0 aliphatic carbocycles. The molecule has 6 nitrogen and oxygen atoms in total. The van der Waals surface area contributed by atoms with E-state index in [1.165, 1.54) is 0 Å². The number of nitrogens with zero attached hydrogens (tertiary/aromatic N) is 2. The van der Waals surface area contributed by atoms with E-state index < -0.39 is 0 Å². The summed E-state index contributed by atoms with van der Waals surface area (Å²) in [5, 5.41) is 1.60. The van der Waals surface area contributed by atoms with Crippen molar-refractivity contribution in [2.75, 3.05) is 33.3 Å². The van der Waals surface area contributed by atoms with Crippen molar-refractivity contribution in [2.24, 2.45) is 0 Å². The van der Waals surface area contributed by atoms with Gasteiger partial charge in [0.15, 0.2) is 0 Å². The molecule has 0 bridgehead atoms. The average Bonchev–Trinajstić information content (AvgIpc) is 3.21. The highest BCUT2D eigenvalue weighted by molar-refractivity contribution is 6.30. The lowest BCUT2D eigenvalue weighted by molar-refractivity contribution is -0.135. The summed E-state index contributed by atoms with van der Waals surface area (Å²) in [4.78, 5) is 27.9. The van der Waals surface area contributed by atoms with Crippen molar-refractivity contribution in [3.05, 3.63) is 59.3 Å². The summed E-state index contributed by atoms with van der Waals surface area (Å²) < 4.78 is 11.4. The molecule has 0 N–H and O–H groups in total. The van der Waals surface area contributed by atoms with Gasteiger partial charge in [-0.1, -0.05) is 23.7 Å². The van der Waals surface area contributed by atoms with Gasteiger partial charge in [-0.2, -0.15) is 0 Å². The van der Waals surface area contributed by atoms with Crippen molar-refractivity contribution in [1.29, 1.82) is 0 Å². The summed E-state index contributed by atoms with van der Waals surface area (Å²) in [7, 11) is 1.60. The van der Waals surface area contributed by atoms with E-state index >= 15 is 0 Å². The minimum Gasteiger partial charge on any atom is -0.496 e. The van der Waals surface area contributed by atoms with E-state index in [2.05, 4.69) is 0 Å². The Hall–Kier alpha value is -3.25. The van der Waals surface area contributed by atoms with Gasteiger partial charge in [0.05, 0.1) is 13.4 Å². The standard InChI is InChI=1S/C25H25ClN2O4/c1-16(12-25(30)28-10-8-27(9-11-28)17(2)29)20-13-21-22(18-4-6-19(26)7-5-18)15-32-24(21)14-23(20)31-3/h4-7,12-15H,8-11H2,1-3H3/b16-12+. The lowest BCUT2D eigenvalue weighted by atomic mass is 9.99. The Balaban J connectivity index is 1.65. The zero-order chi connectivity index (χ0) is 22.8. The number of furan rings is 1. The number of carbonyl (C=O) groups is 2. The Morgan fingerprint density at radius 1 is 1.03 bits per heavy atom. The number of fused-ring (bicyclic) bond motifs is 1. The van der Waals surface area contributed by atoms with Gasteiger partial charge in [-0.15, -0.1) is 0 Å². The number of hydrogen-bond acceptors (Lipinski definition) is 4. The number of carbonyl (C=O) groups excluding carboxylic acids is 2. The second-order valence-electron chi connectivity index (χ2n) is 7.86. The second-order valence-corrected chi connectivity index (χ2v) is 8.30. The third-order valence-corrected chi connectivity index (χ3v) is 6.10. The number of piperazine rings is 1. The van der Waals surface area contributed by atoms with E-state index in [0.29, 0.717) is 42.5 Å². The molecule has 0 saturated carbocycles. The molecule has 1 saturated heterocycles. The molecule has 1 aliphatic rings. The predicted molar refractivity (Wildman–Crippen MR) is 126 cm³/mol. The monoisotopic (exact) mass is 452 g/mol. The molecule has 0 radical (unpaired) electrons. The first-order chi connectivity index (χ1) is 15.4. The van der Waals surface area contributed by atoms with Gasteiger partial charge in [0, 0.05) is 66.8 Å². The van der Waals surface area contributed by atoms with Crippen molar-refractivity contribution < 1.29 is 18.7 Å². The van der Waals surface area contributed by atoms with Crippen LogP contribution in [0.25, 0.3) is 27.7 Å². The number of hydrogen-bond donors (Lipinski definition) is 0. The number of halogens is 1. The van der Waals surface area contributed by atoms with Crippen LogP contribution in [0.3, 0.4) is 0 Å². The van der Waals surface area contributed by atoms with Crippen LogP contribution in [0.5, 0.6) is 5.75 Å². The number of amides is 2. The van der Waals surface area contributed by atoms with Gasteiger partial charge < -0.3 is 19.0 Å². The summed E-state index contributed by atoms with van der Waals surface area (Å²) >= 11 is 6.03. The van der Waals surface area contributed by atoms with Crippen LogP contribution >= 0.6 is 11.6 Å². The molecule has 0 atom stereocenters. The minimum absolute atomic E-state index is 0.0402. The first-order valence-corrected chi connectivity index (χ1v) is 10.8. The number of allylic oxidation sites excluding steroid dienone is 1. The molecule has 32 heavy (non-hydrogen) atoms. The quantitative estimate of drug-likeness (QED) is 0.530. The topological polar surface area (TPSA) is 63.0 Å². The first-order valence-electron chi connectivity index (χ1n) is 10.5. The van der Waals surface area contributed by atoms with E-state index in [0.717, 1.165) is 27.6 Å². The van der Waals surface area contributed by atoms with Crippen LogP contribution in [0.4, 0.5) is 0 Å². The van der Waals surface area contributed by atoms with Crippen molar-refractivity contribution in [2.45, 2.75) is 13.8 Å². The van der Waals surface area contributed by atoms with E-state index in [-0.39, 0.29) is 11.8 Å². The SMILES string of the molecule is COc1cc2occ(-c3ccc(Cl)cc3)c2cc1/C(C)=C/C(=O)N1CCN(C(C)=O)CC1. The lowest BCUT2D eigenvalue weighted by Gasteiger charge is -2.33. The number of ether oxygens (including phenoxy) is 1. The maximum absolute atomic E-state index is 12.9. The molecule has 166 valence electrons. The van der Waals surface area contributed by atoms with E-state index in [1.54, 1.807) is 36.2 Å². The molecular formula is C25H25ClN2O4. The highest BCUT2D eigenvalue weighted by Gasteiger charge is 2.22. The minimum atomic E-state index is -0.0713. The normalized spacial score (nSPS) is 14.7. The summed E-state index contributed by atoms with van der Waals surface area (Å²) in [6, 6.07) is 11.4. The van der Waals surface area contributed by atoms with Crippen LogP contribution in [-0.4, -0.2) is 54.9 Å². The first kappa shape index (κ1) is 22.0. The molecule has 1 aromatic heterocycles. The highest BCUT2D eigenvalue weighted by Crippen LogP contribution is 2.37. The van der Waals surface area contributed by atoms with Gasteiger partial charge in [0.2, 0.25) is 11.8 Å². The van der Waals surface area contributed by atoms with Crippen molar-refractivity contribution in [3.8, 4) is 16.9 Å². The highest BCUT2D eigenvalue weighted by atomic mass is 35.5. The van der Waals surface area contributed by atoms with E-state index in [4.69, 9.17) is 20.8 Å². The third-order valence-electron chi connectivity index (χ3n) is 5.85. The molecule has 2 heterocycles. The fraction of sp³-hybridized carbons (Fsp3) is 0.280. The molecule has 1 fully saturated rings. The zero-order valence-corrected chi connectivity index (χ0v) is 19.1. The van der Waals surface area contributed by atoms with Gasteiger partial charge in [0.1, 0.15) is 11.3 Å². The maximum Gasteiger partial charge on any atom is 0.246 e. The Labute approximate surface area is 192 Å². The molecule has 7 heteroatoms. The average molecular weight is 453 g/mol. The van der Waals surface area contributed by atoms with Gasteiger partial charge in [-0.05, 0) is 36.3 Å². The molecule has 2 aromatic carbocycles. The zero-order valence-electron chi connectivity index (χ0n) is 18.4. The Morgan fingerprint density at radius 3 is 2.31 bits per heavy atom. The van der Waals surface area contributed by atoms with Crippen LogP contribution in [0.2, 0.25) is 5.02 Å². The van der Waals surface area contributed by atoms with Crippen LogP contribution in [0, 0.1) is 0 Å². The molecule has 1 aliphatic heterocycles. The van der Waals surface area contributed by atoms with Crippen LogP contribution in [-0.2, 0) is 9.59 Å².